The minimum absolute atomic E-state index is 0.782. The van der Waals surface area contributed by atoms with E-state index in [0.717, 1.165) is 41.6 Å². The van der Waals surface area contributed by atoms with Gasteiger partial charge < -0.3 is 9.73 Å². The van der Waals surface area contributed by atoms with Crippen LogP contribution >= 0.6 is 12.6 Å². The highest BCUT2D eigenvalue weighted by Gasteiger charge is 2.16. The summed E-state index contributed by atoms with van der Waals surface area (Å²) >= 11 is 4.04. The van der Waals surface area contributed by atoms with Crippen LogP contribution < -0.4 is 5.32 Å². The summed E-state index contributed by atoms with van der Waals surface area (Å²) in [5.41, 5.74) is 3.43. The molecule has 108 valence electrons. The van der Waals surface area contributed by atoms with Crippen LogP contribution in [-0.2, 0) is 13.0 Å². The molecule has 3 aromatic rings. The fourth-order valence-corrected chi connectivity index (χ4v) is 2.75. The summed E-state index contributed by atoms with van der Waals surface area (Å²) in [6.07, 6.45) is 1.09. The molecule has 3 heterocycles. The van der Waals surface area contributed by atoms with E-state index in [-0.39, 0.29) is 0 Å². The van der Waals surface area contributed by atoms with Crippen LogP contribution in [0.1, 0.15) is 17.0 Å². The molecule has 4 heteroatoms. The van der Waals surface area contributed by atoms with Crippen molar-refractivity contribution >= 4 is 23.6 Å². The molecule has 0 spiro atoms. The Balaban J connectivity index is 0.000000143. The predicted molar refractivity (Wildman–Crippen MR) is 87.9 cm³/mol. The standard InChI is InChI=1S/C11H11NO.C6H7NS/c1-2-4-10-8(3-1)9-5-6-12-7-11(9)13-10;1-5-3-2-4-6(8)7-5/h1-4,12H,5-7H2;2-4H,1H3,(H,7,8). The molecule has 21 heavy (non-hydrogen) atoms. The number of nitrogens with one attached hydrogen (secondary N) is 1. The highest BCUT2D eigenvalue weighted by molar-refractivity contribution is 7.80. The zero-order valence-electron chi connectivity index (χ0n) is 12.0. The second-order valence-electron chi connectivity index (χ2n) is 5.06. The van der Waals surface area contributed by atoms with Crippen LogP contribution in [-0.4, -0.2) is 11.5 Å². The van der Waals surface area contributed by atoms with Crippen LogP contribution in [0.15, 0.2) is 51.9 Å². The van der Waals surface area contributed by atoms with Crippen molar-refractivity contribution < 1.29 is 4.42 Å². The third-order valence-corrected chi connectivity index (χ3v) is 3.74. The summed E-state index contributed by atoms with van der Waals surface area (Å²) in [5.74, 6) is 1.12. The number of thiol groups is 1. The molecule has 2 aromatic heterocycles. The highest BCUT2D eigenvalue weighted by Crippen LogP contribution is 2.27. The first-order chi connectivity index (χ1) is 10.2. The van der Waals surface area contributed by atoms with Gasteiger partial charge in [0.15, 0.2) is 0 Å². The Labute approximate surface area is 129 Å². The van der Waals surface area contributed by atoms with Crippen molar-refractivity contribution in [2.45, 2.75) is 24.9 Å². The number of aromatic nitrogens is 1. The molecule has 0 radical (unpaired) electrons. The van der Waals surface area contributed by atoms with Crippen LogP contribution in [0.5, 0.6) is 0 Å². The SMILES string of the molecule is Cc1cccc(S)n1.c1ccc2c3c(oc2c1)CNCC3. The predicted octanol–water partition coefficient (Wildman–Crippen LogP) is 3.76. The maximum Gasteiger partial charge on any atom is 0.134 e. The van der Waals surface area contributed by atoms with Crippen molar-refractivity contribution in [3.05, 3.63) is 59.5 Å². The van der Waals surface area contributed by atoms with Gasteiger partial charge in [0.25, 0.3) is 0 Å². The van der Waals surface area contributed by atoms with Gasteiger partial charge in [-0.15, -0.1) is 12.6 Å². The van der Waals surface area contributed by atoms with Crippen molar-refractivity contribution in [3.8, 4) is 0 Å². The molecule has 1 aliphatic rings. The number of benzene rings is 1. The quantitative estimate of drug-likeness (QED) is 0.621. The molecule has 1 N–H and O–H groups in total. The fourth-order valence-electron chi connectivity index (χ4n) is 2.51. The largest absolute Gasteiger partial charge is 0.459 e. The molecule has 4 rings (SSSR count). The van der Waals surface area contributed by atoms with Crippen molar-refractivity contribution in [2.24, 2.45) is 0 Å². The first kappa shape index (κ1) is 14.2. The number of aryl methyl sites for hydroxylation is 1. The smallest absolute Gasteiger partial charge is 0.134 e. The lowest BCUT2D eigenvalue weighted by Gasteiger charge is -2.10. The lowest BCUT2D eigenvalue weighted by molar-refractivity contribution is 0.488. The van der Waals surface area contributed by atoms with E-state index < -0.39 is 0 Å². The first-order valence-corrected chi connectivity index (χ1v) is 7.51. The van der Waals surface area contributed by atoms with Gasteiger partial charge in [-0.1, -0.05) is 24.3 Å². The van der Waals surface area contributed by atoms with Gasteiger partial charge in [-0.2, -0.15) is 0 Å². The monoisotopic (exact) mass is 298 g/mol. The number of hydrogen-bond acceptors (Lipinski definition) is 4. The number of fused-ring (bicyclic) bond motifs is 3. The molecule has 3 nitrogen and oxygen atoms in total. The lowest BCUT2D eigenvalue weighted by atomic mass is 10.1. The maximum absolute atomic E-state index is 5.73. The molecule has 0 atom stereocenters. The number of pyridine rings is 1. The van der Waals surface area contributed by atoms with E-state index in [4.69, 9.17) is 4.42 Å². The third kappa shape index (κ3) is 3.28. The van der Waals surface area contributed by atoms with Crippen LogP contribution in [0.4, 0.5) is 0 Å². The normalized spacial score (nSPS) is 13.4. The molecule has 0 fully saturated rings. The van der Waals surface area contributed by atoms with Gasteiger partial charge in [0.1, 0.15) is 11.3 Å². The topological polar surface area (TPSA) is 38.1 Å². The number of para-hydroxylation sites is 1. The van der Waals surface area contributed by atoms with Crippen molar-refractivity contribution in [3.63, 3.8) is 0 Å². The van der Waals surface area contributed by atoms with Gasteiger partial charge in [0, 0.05) is 16.6 Å². The van der Waals surface area contributed by atoms with Gasteiger partial charge in [-0.25, -0.2) is 4.98 Å². The van der Waals surface area contributed by atoms with E-state index in [1.807, 2.05) is 37.3 Å². The molecular weight excluding hydrogens is 280 g/mol. The summed E-state index contributed by atoms with van der Waals surface area (Å²) in [5, 5.41) is 5.38. The van der Waals surface area contributed by atoms with Gasteiger partial charge in [-0.3, -0.25) is 0 Å². The number of rotatable bonds is 0. The minimum Gasteiger partial charge on any atom is -0.459 e. The number of furan rings is 1. The Bertz CT molecular complexity index is 734. The van der Waals surface area contributed by atoms with E-state index in [1.54, 1.807) is 0 Å². The lowest BCUT2D eigenvalue weighted by Crippen LogP contribution is -2.22. The molecule has 0 saturated carbocycles. The average Bonchev–Trinajstić information content (AvgIpc) is 2.86. The van der Waals surface area contributed by atoms with E-state index in [1.165, 1.54) is 10.9 Å². The van der Waals surface area contributed by atoms with Gasteiger partial charge >= 0.3 is 0 Å². The molecule has 0 amide bonds. The Hall–Kier alpha value is -1.78. The zero-order valence-corrected chi connectivity index (χ0v) is 12.9. The van der Waals surface area contributed by atoms with Gasteiger partial charge in [-0.05, 0) is 38.1 Å². The molecule has 0 unspecified atom stereocenters. The molecule has 1 aromatic carbocycles. The molecular formula is C17H18N2OS. The Morgan fingerprint density at radius 1 is 1.14 bits per heavy atom. The van der Waals surface area contributed by atoms with Crippen LogP contribution in [0, 0.1) is 6.92 Å². The summed E-state index contributed by atoms with van der Waals surface area (Å²) in [6, 6.07) is 14.0. The summed E-state index contributed by atoms with van der Waals surface area (Å²) in [4.78, 5) is 4.04. The minimum atomic E-state index is 0.782. The first-order valence-electron chi connectivity index (χ1n) is 7.06. The number of nitrogens with zero attached hydrogens (tertiary/aromatic N) is 1. The van der Waals surface area contributed by atoms with Crippen LogP contribution in [0.2, 0.25) is 0 Å². The van der Waals surface area contributed by atoms with E-state index in [9.17, 15) is 0 Å². The Morgan fingerprint density at radius 3 is 2.76 bits per heavy atom. The van der Waals surface area contributed by atoms with Crippen molar-refractivity contribution in [1.82, 2.24) is 10.3 Å². The van der Waals surface area contributed by atoms with Crippen molar-refractivity contribution in [2.75, 3.05) is 6.54 Å². The fraction of sp³-hybridized carbons (Fsp3) is 0.235. The maximum atomic E-state index is 5.73. The molecule has 1 aliphatic heterocycles. The molecule has 0 bridgehead atoms. The zero-order chi connectivity index (χ0) is 14.7. The summed E-state index contributed by atoms with van der Waals surface area (Å²) in [7, 11) is 0. The highest BCUT2D eigenvalue weighted by atomic mass is 32.1. The van der Waals surface area contributed by atoms with E-state index >= 15 is 0 Å². The second kappa shape index (κ2) is 6.33. The summed E-state index contributed by atoms with van der Waals surface area (Å²) < 4.78 is 5.73. The molecule has 0 aliphatic carbocycles. The molecule has 0 saturated heterocycles. The van der Waals surface area contributed by atoms with E-state index in [0.29, 0.717) is 0 Å². The Morgan fingerprint density at radius 2 is 2.00 bits per heavy atom. The van der Waals surface area contributed by atoms with Crippen LogP contribution in [0.25, 0.3) is 11.0 Å². The average molecular weight is 298 g/mol. The Kier molecular flexibility index (Phi) is 4.27. The summed E-state index contributed by atoms with van der Waals surface area (Å²) in [6.45, 7) is 3.89. The second-order valence-corrected chi connectivity index (χ2v) is 5.52. The third-order valence-electron chi connectivity index (χ3n) is 3.49. The van der Waals surface area contributed by atoms with Crippen molar-refractivity contribution in [1.29, 1.82) is 0 Å². The number of hydrogen-bond donors (Lipinski definition) is 2. The van der Waals surface area contributed by atoms with Crippen LogP contribution in [0.3, 0.4) is 0 Å². The van der Waals surface area contributed by atoms with Gasteiger partial charge in [0.2, 0.25) is 0 Å². The van der Waals surface area contributed by atoms with E-state index in [2.05, 4.69) is 35.1 Å². The van der Waals surface area contributed by atoms with Gasteiger partial charge in [0.05, 0.1) is 11.6 Å².